The summed E-state index contributed by atoms with van der Waals surface area (Å²) in [5.74, 6) is 1.64. The van der Waals surface area contributed by atoms with Gasteiger partial charge < -0.3 is 10.1 Å². The molecule has 3 rings (SSSR count). The topological polar surface area (TPSA) is 21.3 Å². The fourth-order valence-corrected chi connectivity index (χ4v) is 3.07. The quantitative estimate of drug-likeness (QED) is 0.878. The molecule has 1 aliphatic carbocycles. The third-order valence-corrected chi connectivity index (χ3v) is 4.11. The summed E-state index contributed by atoms with van der Waals surface area (Å²) < 4.78 is 19.1. The van der Waals surface area contributed by atoms with Gasteiger partial charge in [-0.1, -0.05) is 11.6 Å². The summed E-state index contributed by atoms with van der Waals surface area (Å²) in [6, 6.07) is 4.65. The molecule has 0 bridgehead atoms. The molecule has 1 saturated carbocycles. The summed E-state index contributed by atoms with van der Waals surface area (Å²) in [5.41, 5.74) is 0. The lowest BCUT2D eigenvalue weighted by Gasteiger charge is -2.14. The van der Waals surface area contributed by atoms with Crippen LogP contribution in [0.5, 0.6) is 5.75 Å². The number of rotatable bonds is 2. The third-order valence-electron chi connectivity index (χ3n) is 3.80. The molecule has 1 saturated heterocycles. The van der Waals surface area contributed by atoms with Crippen molar-refractivity contribution in [3.05, 3.63) is 29.0 Å². The number of benzene rings is 1. The highest BCUT2D eigenvalue weighted by Crippen LogP contribution is 2.36. The zero-order valence-electron chi connectivity index (χ0n) is 9.46. The summed E-state index contributed by atoms with van der Waals surface area (Å²) in [6.45, 7) is 2.19. The minimum absolute atomic E-state index is 0.143. The Kier molecular flexibility index (Phi) is 2.97. The van der Waals surface area contributed by atoms with E-state index in [0.29, 0.717) is 5.75 Å². The van der Waals surface area contributed by atoms with E-state index in [0.717, 1.165) is 37.8 Å². The summed E-state index contributed by atoms with van der Waals surface area (Å²) in [7, 11) is 0. The normalized spacial score (nSPS) is 31.5. The Morgan fingerprint density at radius 1 is 1.24 bits per heavy atom. The summed E-state index contributed by atoms with van der Waals surface area (Å²) in [6.07, 6.45) is 2.37. The number of nitrogens with one attached hydrogen (secondary N) is 1. The molecular weight excluding hydrogens is 241 g/mol. The Morgan fingerprint density at radius 2 is 1.94 bits per heavy atom. The van der Waals surface area contributed by atoms with Gasteiger partial charge in [0, 0.05) is 6.07 Å². The van der Waals surface area contributed by atoms with Gasteiger partial charge in [-0.3, -0.25) is 0 Å². The number of halogens is 2. The highest BCUT2D eigenvalue weighted by Gasteiger charge is 2.38. The molecule has 1 heterocycles. The van der Waals surface area contributed by atoms with E-state index in [-0.39, 0.29) is 11.1 Å². The van der Waals surface area contributed by atoms with Gasteiger partial charge in [0.1, 0.15) is 11.6 Å². The fourth-order valence-electron chi connectivity index (χ4n) is 2.95. The van der Waals surface area contributed by atoms with E-state index in [4.69, 9.17) is 16.3 Å². The van der Waals surface area contributed by atoms with Crippen molar-refractivity contribution < 1.29 is 9.13 Å². The molecule has 1 aliphatic heterocycles. The molecule has 4 heteroatoms. The van der Waals surface area contributed by atoms with Crippen molar-refractivity contribution in [3.63, 3.8) is 0 Å². The van der Waals surface area contributed by atoms with Gasteiger partial charge in [-0.05, 0) is 49.9 Å². The maximum absolute atomic E-state index is 13.3. The number of ether oxygens (including phenoxy) is 1. The largest absolute Gasteiger partial charge is 0.490 e. The first-order valence-corrected chi connectivity index (χ1v) is 6.42. The van der Waals surface area contributed by atoms with E-state index in [1.807, 2.05) is 0 Å². The lowest BCUT2D eigenvalue weighted by Crippen LogP contribution is -2.18. The molecule has 2 aliphatic rings. The van der Waals surface area contributed by atoms with Crippen LogP contribution in [-0.2, 0) is 0 Å². The molecule has 1 aromatic rings. The molecule has 1 unspecified atom stereocenters. The van der Waals surface area contributed by atoms with Gasteiger partial charge in [0.2, 0.25) is 0 Å². The van der Waals surface area contributed by atoms with E-state index in [9.17, 15) is 4.39 Å². The van der Waals surface area contributed by atoms with Crippen molar-refractivity contribution >= 4 is 11.6 Å². The van der Waals surface area contributed by atoms with Crippen LogP contribution in [0.1, 0.15) is 12.8 Å². The molecule has 0 amide bonds. The van der Waals surface area contributed by atoms with Gasteiger partial charge in [0.15, 0.2) is 0 Å². The van der Waals surface area contributed by atoms with Crippen LogP contribution in [0.3, 0.4) is 0 Å². The predicted molar refractivity (Wildman–Crippen MR) is 64.9 cm³/mol. The summed E-state index contributed by atoms with van der Waals surface area (Å²) >= 11 is 5.64. The Labute approximate surface area is 105 Å². The van der Waals surface area contributed by atoms with Gasteiger partial charge in [-0.25, -0.2) is 4.39 Å². The lowest BCUT2D eigenvalue weighted by atomic mass is 10.0. The van der Waals surface area contributed by atoms with Crippen LogP contribution in [-0.4, -0.2) is 19.2 Å². The number of fused-ring (bicyclic) bond motifs is 1. The molecule has 2 nitrogen and oxygen atoms in total. The van der Waals surface area contributed by atoms with Gasteiger partial charge in [-0.2, -0.15) is 0 Å². The predicted octanol–water partition coefficient (Wildman–Crippen LogP) is 2.86. The second kappa shape index (κ2) is 4.46. The maximum atomic E-state index is 13.3. The smallest absolute Gasteiger partial charge is 0.145 e. The molecule has 0 spiro atoms. The van der Waals surface area contributed by atoms with E-state index in [1.54, 1.807) is 12.1 Å². The molecule has 92 valence electrons. The van der Waals surface area contributed by atoms with Gasteiger partial charge in [0.05, 0.1) is 11.1 Å². The van der Waals surface area contributed by atoms with Crippen molar-refractivity contribution in [2.45, 2.75) is 18.9 Å². The van der Waals surface area contributed by atoms with Crippen LogP contribution in [0.15, 0.2) is 18.2 Å². The zero-order chi connectivity index (χ0) is 11.8. The number of hydrogen-bond acceptors (Lipinski definition) is 2. The number of hydrogen-bond donors (Lipinski definition) is 1. The first-order valence-electron chi connectivity index (χ1n) is 6.05. The minimum Gasteiger partial charge on any atom is -0.490 e. The standard InChI is InChI=1S/C13H15ClFNO/c14-12-2-1-10(5-13(12)15)17-11-3-8-6-16-7-9(8)4-11/h1-2,5,8-9,11,16H,3-4,6-7H2/t8-,9+,11?. The van der Waals surface area contributed by atoms with Crippen LogP contribution in [0, 0.1) is 17.7 Å². The molecule has 3 atom stereocenters. The molecule has 0 radical (unpaired) electrons. The highest BCUT2D eigenvalue weighted by molar-refractivity contribution is 6.30. The Morgan fingerprint density at radius 3 is 2.59 bits per heavy atom. The minimum atomic E-state index is -0.413. The van der Waals surface area contributed by atoms with E-state index in [2.05, 4.69) is 5.32 Å². The Hall–Kier alpha value is -0.800. The maximum Gasteiger partial charge on any atom is 0.145 e. The second-order valence-corrected chi connectivity index (χ2v) is 5.37. The van der Waals surface area contributed by atoms with Crippen molar-refractivity contribution in [2.24, 2.45) is 11.8 Å². The lowest BCUT2D eigenvalue weighted by molar-refractivity contribution is 0.198. The summed E-state index contributed by atoms with van der Waals surface area (Å²) in [4.78, 5) is 0. The molecule has 2 fully saturated rings. The third kappa shape index (κ3) is 2.26. The Balaban J connectivity index is 1.65. The fraction of sp³-hybridized carbons (Fsp3) is 0.538. The van der Waals surface area contributed by atoms with Gasteiger partial charge >= 0.3 is 0 Å². The van der Waals surface area contributed by atoms with Crippen molar-refractivity contribution in [2.75, 3.05) is 13.1 Å². The van der Waals surface area contributed by atoms with Crippen LogP contribution in [0.4, 0.5) is 4.39 Å². The van der Waals surface area contributed by atoms with E-state index < -0.39 is 5.82 Å². The average Bonchev–Trinajstić information content (AvgIpc) is 2.84. The average molecular weight is 256 g/mol. The highest BCUT2D eigenvalue weighted by atomic mass is 35.5. The zero-order valence-corrected chi connectivity index (χ0v) is 10.2. The second-order valence-electron chi connectivity index (χ2n) is 4.97. The molecule has 17 heavy (non-hydrogen) atoms. The SMILES string of the molecule is Fc1cc(OC2C[C@H]3CNC[C@H]3C2)ccc1Cl. The van der Waals surface area contributed by atoms with Gasteiger partial charge in [-0.15, -0.1) is 0 Å². The van der Waals surface area contributed by atoms with E-state index in [1.165, 1.54) is 6.07 Å². The monoisotopic (exact) mass is 255 g/mol. The van der Waals surface area contributed by atoms with Crippen LogP contribution >= 0.6 is 11.6 Å². The van der Waals surface area contributed by atoms with Crippen LogP contribution < -0.4 is 10.1 Å². The molecule has 0 aromatic heterocycles. The molecule has 1 N–H and O–H groups in total. The molecule has 1 aromatic carbocycles. The van der Waals surface area contributed by atoms with Gasteiger partial charge in [0.25, 0.3) is 0 Å². The van der Waals surface area contributed by atoms with Crippen LogP contribution in [0.2, 0.25) is 5.02 Å². The Bertz CT molecular complexity index is 414. The first kappa shape index (κ1) is 11.3. The van der Waals surface area contributed by atoms with E-state index >= 15 is 0 Å². The van der Waals surface area contributed by atoms with Crippen molar-refractivity contribution in [1.29, 1.82) is 0 Å². The van der Waals surface area contributed by atoms with Crippen molar-refractivity contribution in [1.82, 2.24) is 5.32 Å². The van der Waals surface area contributed by atoms with Crippen LogP contribution in [0.25, 0.3) is 0 Å². The first-order chi connectivity index (χ1) is 8.22. The van der Waals surface area contributed by atoms with Crippen molar-refractivity contribution in [3.8, 4) is 5.75 Å². The summed E-state index contributed by atoms with van der Waals surface area (Å²) in [5, 5.41) is 3.54. The molecular formula is C13H15ClFNO.